The van der Waals surface area contributed by atoms with Crippen molar-refractivity contribution in [2.45, 2.75) is 63.6 Å². The summed E-state index contributed by atoms with van der Waals surface area (Å²) in [4.78, 5) is 14.7. The van der Waals surface area contributed by atoms with E-state index in [2.05, 4.69) is 5.32 Å². The molecule has 0 heterocycles. The molecule has 0 saturated heterocycles. The van der Waals surface area contributed by atoms with E-state index in [1.54, 1.807) is 0 Å². The van der Waals surface area contributed by atoms with E-state index in [-0.39, 0.29) is 24.0 Å². The lowest BCUT2D eigenvalue weighted by Crippen LogP contribution is -2.62. The number of rotatable bonds is 5. The first-order valence-corrected chi connectivity index (χ1v) is 9.80. The molecule has 3 nitrogen and oxygen atoms in total. The number of carbonyl (C=O) groups excluding carboxylic acids is 1. The van der Waals surface area contributed by atoms with Crippen LogP contribution in [0.4, 0.5) is 8.78 Å². The van der Waals surface area contributed by atoms with Gasteiger partial charge in [0.15, 0.2) is 0 Å². The van der Waals surface area contributed by atoms with Gasteiger partial charge in [0.25, 0.3) is 0 Å². The normalized spacial score (nSPS) is 33.5. The van der Waals surface area contributed by atoms with Crippen molar-refractivity contribution in [2.75, 3.05) is 7.05 Å². The molecule has 4 aliphatic carbocycles. The standard InChI is InChI=1S/C21H28F2N2O/c1-13(25(2)12-17-3-4-18(22)8-19(17)23)20(26)24-21-9-14-5-15(10-21)7-16(6-14)11-21/h3-4,8,13-16H,5-7,9-12H2,1-2H3,(H,24,26). The van der Waals surface area contributed by atoms with E-state index in [1.807, 2.05) is 18.9 Å². The summed E-state index contributed by atoms with van der Waals surface area (Å²) in [6, 6.07) is 3.24. The Morgan fingerprint density at radius 2 is 1.77 bits per heavy atom. The number of nitrogens with zero attached hydrogens (tertiary/aromatic N) is 1. The molecule has 0 aromatic heterocycles. The Kier molecular flexibility index (Phi) is 4.54. The van der Waals surface area contributed by atoms with Gasteiger partial charge in [-0.15, -0.1) is 0 Å². The molecule has 0 aliphatic heterocycles. The molecule has 1 N–H and O–H groups in total. The van der Waals surface area contributed by atoms with E-state index in [4.69, 9.17) is 0 Å². The number of likely N-dealkylation sites (N-methyl/N-ethyl adjacent to an activating group) is 1. The van der Waals surface area contributed by atoms with E-state index in [0.717, 1.165) is 43.1 Å². The van der Waals surface area contributed by atoms with Crippen molar-refractivity contribution in [3.05, 3.63) is 35.4 Å². The molecule has 1 amide bonds. The van der Waals surface area contributed by atoms with E-state index >= 15 is 0 Å². The molecule has 142 valence electrons. The zero-order valence-electron chi connectivity index (χ0n) is 15.6. The van der Waals surface area contributed by atoms with Crippen LogP contribution in [0.3, 0.4) is 0 Å². The highest BCUT2D eigenvalue weighted by Crippen LogP contribution is 2.55. The summed E-state index contributed by atoms with van der Waals surface area (Å²) in [7, 11) is 1.81. The number of nitrogens with one attached hydrogen (secondary N) is 1. The molecule has 0 spiro atoms. The van der Waals surface area contributed by atoms with Crippen LogP contribution in [0.5, 0.6) is 0 Å². The first kappa shape index (κ1) is 17.9. The van der Waals surface area contributed by atoms with Crippen LogP contribution in [0, 0.1) is 29.4 Å². The topological polar surface area (TPSA) is 32.3 Å². The predicted octanol–water partition coefficient (Wildman–Crippen LogP) is 3.87. The molecule has 5 heteroatoms. The molecule has 26 heavy (non-hydrogen) atoms. The van der Waals surface area contributed by atoms with Gasteiger partial charge in [-0.2, -0.15) is 0 Å². The van der Waals surface area contributed by atoms with Crippen LogP contribution in [-0.2, 0) is 11.3 Å². The van der Waals surface area contributed by atoms with Crippen molar-refractivity contribution in [3.63, 3.8) is 0 Å². The highest BCUT2D eigenvalue weighted by Gasteiger charge is 2.51. The number of halogens is 2. The summed E-state index contributed by atoms with van der Waals surface area (Å²) in [5.74, 6) is 1.22. The summed E-state index contributed by atoms with van der Waals surface area (Å²) in [5.41, 5.74) is 0.394. The molecular formula is C21H28F2N2O. The van der Waals surface area contributed by atoms with Gasteiger partial charge in [0.1, 0.15) is 11.6 Å². The van der Waals surface area contributed by atoms with Crippen LogP contribution < -0.4 is 5.32 Å². The third-order valence-corrected chi connectivity index (χ3v) is 6.90. The van der Waals surface area contributed by atoms with Crippen molar-refractivity contribution in [2.24, 2.45) is 17.8 Å². The fraction of sp³-hybridized carbons (Fsp3) is 0.667. The molecule has 0 radical (unpaired) electrons. The second-order valence-electron chi connectivity index (χ2n) is 9.01. The Labute approximate surface area is 154 Å². The lowest BCUT2D eigenvalue weighted by molar-refractivity contribution is -0.131. The fourth-order valence-corrected chi connectivity index (χ4v) is 5.89. The third-order valence-electron chi connectivity index (χ3n) is 6.90. The monoisotopic (exact) mass is 362 g/mol. The van der Waals surface area contributed by atoms with Crippen LogP contribution >= 0.6 is 0 Å². The van der Waals surface area contributed by atoms with Gasteiger partial charge >= 0.3 is 0 Å². The average Bonchev–Trinajstić information content (AvgIpc) is 2.54. The number of hydrogen-bond donors (Lipinski definition) is 1. The highest BCUT2D eigenvalue weighted by atomic mass is 19.1. The van der Waals surface area contributed by atoms with E-state index in [1.165, 1.54) is 31.4 Å². The maximum Gasteiger partial charge on any atom is 0.237 e. The maximum atomic E-state index is 13.9. The van der Waals surface area contributed by atoms with Gasteiger partial charge in [-0.25, -0.2) is 8.78 Å². The van der Waals surface area contributed by atoms with Crippen molar-refractivity contribution < 1.29 is 13.6 Å². The Balaban J connectivity index is 1.40. The summed E-state index contributed by atoms with van der Waals surface area (Å²) in [5, 5.41) is 3.38. The molecule has 5 rings (SSSR count). The zero-order valence-corrected chi connectivity index (χ0v) is 15.6. The summed E-state index contributed by atoms with van der Waals surface area (Å²) in [6.07, 6.45) is 7.38. The van der Waals surface area contributed by atoms with Crippen molar-refractivity contribution in [3.8, 4) is 0 Å². The molecule has 1 aromatic rings. The molecule has 4 fully saturated rings. The summed E-state index contributed by atoms with van der Waals surface area (Å²) in [6.45, 7) is 2.14. The largest absolute Gasteiger partial charge is 0.349 e. The van der Waals surface area contributed by atoms with E-state index in [9.17, 15) is 13.6 Å². The number of benzene rings is 1. The molecule has 1 atom stereocenters. The minimum Gasteiger partial charge on any atom is -0.349 e. The number of hydrogen-bond acceptors (Lipinski definition) is 2. The molecule has 4 bridgehead atoms. The van der Waals surface area contributed by atoms with E-state index < -0.39 is 11.6 Å². The second kappa shape index (κ2) is 6.59. The summed E-state index contributed by atoms with van der Waals surface area (Å²) >= 11 is 0. The van der Waals surface area contributed by atoms with Crippen LogP contribution in [0.25, 0.3) is 0 Å². The molecule has 4 saturated carbocycles. The van der Waals surface area contributed by atoms with Gasteiger partial charge in [-0.3, -0.25) is 9.69 Å². The average molecular weight is 362 g/mol. The van der Waals surface area contributed by atoms with Gasteiger partial charge < -0.3 is 5.32 Å². The van der Waals surface area contributed by atoms with Crippen LogP contribution in [0.1, 0.15) is 51.0 Å². The fourth-order valence-electron chi connectivity index (χ4n) is 5.89. The lowest BCUT2D eigenvalue weighted by atomic mass is 9.53. The Bertz CT molecular complexity index is 670. The Morgan fingerprint density at radius 1 is 1.19 bits per heavy atom. The second-order valence-corrected chi connectivity index (χ2v) is 9.01. The Morgan fingerprint density at radius 3 is 2.31 bits per heavy atom. The van der Waals surface area contributed by atoms with Crippen LogP contribution in [0.15, 0.2) is 18.2 Å². The van der Waals surface area contributed by atoms with Gasteiger partial charge in [0, 0.05) is 23.7 Å². The highest BCUT2D eigenvalue weighted by molar-refractivity contribution is 5.82. The minimum absolute atomic E-state index is 0.0118. The third kappa shape index (κ3) is 3.38. The van der Waals surface area contributed by atoms with Crippen molar-refractivity contribution >= 4 is 5.91 Å². The SMILES string of the molecule is CC(C(=O)NC12CC3CC(CC(C3)C1)C2)N(C)Cc1ccc(F)cc1F. The molecule has 1 aromatic carbocycles. The predicted molar refractivity (Wildman–Crippen MR) is 96.3 cm³/mol. The van der Waals surface area contributed by atoms with Gasteiger partial charge in [-0.05, 0) is 76.3 Å². The first-order chi connectivity index (χ1) is 12.3. The number of amides is 1. The van der Waals surface area contributed by atoms with Gasteiger partial charge in [-0.1, -0.05) is 6.07 Å². The maximum absolute atomic E-state index is 13.9. The smallest absolute Gasteiger partial charge is 0.237 e. The zero-order chi connectivity index (χ0) is 18.5. The molecule has 1 unspecified atom stereocenters. The van der Waals surface area contributed by atoms with Gasteiger partial charge in [0.2, 0.25) is 5.91 Å². The summed E-state index contributed by atoms with van der Waals surface area (Å²) < 4.78 is 27.0. The number of carbonyl (C=O) groups is 1. The van der Waals surface area contributed by atoms with Crippen LogP contribution in [0.2, 0.25) is 0 Å². The van der Waals surface area contributed by atoms with Crippen LogP contribution in [-0.4, -0.2) is 29.4 Å². The van der Waals surface area contributed by atoms with Crippen molar-refractivity contribution in [1.29, 1.82) is 0 Å². The lowest BCUT2D eigenvalue weighted by Gasteiger charge is -2.57. The first-order valence-electron chi connectivity index (χ1n) is 9.80. The van der Waals surface area contributed by atoms with Gasteiger partial charge in [0.05, 0.1) is 6.04 Å². The minimum atomic E-state index is -0.582. The van der Waals surface area contributed by atoms with E-state index in [0.29, 0.717) is 5.56 Å². The Hall–Kier alpha value is -1.49. The quantitative estimate of drug-likeness (QED) is 0.862. The van der Waals surface area contributed by atoms with Crippen molar-refractivity contribution in [1.82, 2.24) is 10.2 Å². The molecule has 4 aliphatic rings. The molecular weight excluding hydrogens is 334 g/mol.